The van der Waals surface area contributed by atoms with Gasteiger partial charge in [0.15, 0.2) is 0 Å². The van der Waals surface area contributed by atoms with Gasteiger partial charge in [-0.05, 0) is 32.1 Å². The Kier molecular flexibility index (Phi) is 19.7. The smallest absolute Gasteiger partial charge is 0.143 e. The van der Waals surface area contributed by atoms with E-state index in [1.807, 2.05) is 0 Å². The zero-order valence-electron chi connectivity index (χ0n) is 22.2. The minimum Gasteiger partial charge on any atom is -0.371 e. The summed E-state index contributed by atoms with van der Waals surface area (Å²) in [5, 5.41) is 8.52. The lowest BCUT2D eigenvalue weighted by Crippen LogP contribution is -2.47. The fraction of sp³-hybridized carbons (Fsp3) is 0.893. The maximum atomic E-state index is 11.8. The number of unbranched alkanes of at least 4 members (excludes halogenated alkanes) is 11. The van der Waals surface area contributed by atoms with Crippen molar-refractivity contribution in [2.45, 2.75) is 122 Å². The highest BCUT2D eigenvalue weighted by atomic mass is 16.6. The van der Waals surface area contributed by atoms with E-state index in [2.05, 4.69) is 30.9 Å². The third kappa shape index (κ3) is 14.6. The predicted octanol–water partition coefficient (Wildman–Crippen LogP) is 6.36. The van der Waals surface area contributed by atoms with E-state index in [1.165, 1.54) is 70.6 Å². The van der Waals surface area contributed by atoms with Crippen molar-refractivity contribution in [2.24, 2.45) is 0 Å². The van der Waals surface area contributed by atoms with Gasteiger partial charge in [-0.25, -0.2) is 4.90 Å². The van der Waals surface area contributed by atoms with Crippen LogP contribution in [0.4, 0.5) is 0 Å². The summed E-state index contributed by atoms with van der Waals surface area (Å²) in [6.07, 6.45) is 23.9. The first-order valence-electron chi connectivity index (χ1n) is 13.9. The van der Waals surface area contributed by atoms with Gasteiger partial charge in [0.25, 0.3) is 0 Å². The first-order valence-corrected chi connectivity index (χ1v) is 13.9. The highest BCUT2D eigenvalue weighted by molar-refractivity contribution is 5.78. The maximum Gasteiger partial charge on any atom is 0.143 e. The quantitative estimate of drug-likeness (QED) is 0.123. The number of carbonyl (C=O) groups excluding carboxylic acids is 1. The molecular weight excluding hydrogens is 430 g/mol. The highest BCUT2D eigenvalue weighted by Crippen LogP contribution is 2.28. The normalized spacial score (nSPS) is 17.1. The standard InChI is InChI=1S/C21H40O.C7H13NO4/c1-3-5-7-9-11-13-15-17-19-21(22)20-18-16-14-12-10-8-6-4-2;9-6-12-3-7-1-10-4-8(7)5-11-2-7/h11,13H,3-10,12,14-20H2,1-2H3;9H,1-6H2. The Bertz CT molecular complexity index is 501. The summed E-state index contributed by atoms with van der Waals surface area (Å²) in [4.78, 5) is 13.9. The van der Waals surface area contributed by atoms with E-state index >= 15 is 0 Å². The lowest BCUT2D eigenvalue weighted by Gasteiger charge is -2.26. The van der Waals surface area contributed by atoms with Crippen LogP contribution in [0.1, 0.15) is 117 Å². The number of carbonyl (C=O) groups is 1. The van der Waals surface area contributed by atoms with Gasteiger partial charge in [-0.2, -0.15) is 0 Å². The Morgan fingerprint density at radius 1 is 0.824 bits per heavy atom. The third-order valence-electron chi connectivity index (χ3n) is 6.65. The van der Waals surface area contributed by atoms with Crippen LogP contribution in [0.2, 0.25) is 0 Å². The molecule has 0 aromatic rings. The molecule has 0 atom stereocenters. The summed E-state index contributed by atoms with van der Waals surface area (Å²) in [5.74, 6) is 0.477. The molecule has 2 heterocycles. The van der Waals surface area contributed by atoms with Gasteiger partial charge in [0.1, 0.15) is 26.0 Å². The Balaban J connectivity index is 0.000000398. The van der Waals surface area contributed by atoms with Gasteiger partial charge in [-0.15, -0.1) is 0 Å². The first kappa shape index (κ1) is 31.2. The molecule has 2 rings (SSSR count). The van der Waals surface area contributed by atoms with Crippen LogP contribution in [-0.2, 0) is 19.0 Å². The average molecular weight is 484 g/mol. The van der Waals surface area contributed by atoms with Crippen molar-refractivity contribution in [1.29, 1.82) is 0 Å². The number of allylic oxidation sites excluding steroid dienone is 2. The fourth-order valence-corrected chi connectivity index (χ4v) is 4.38. The van der Waals surface area contributed by atoms with Gasteiger partial charge in [-0.3, -0.25) is 4.79 Å². The minimum absolute atomic E-state index is 0.136. The second-order valence-corrected chi connectivity index (χ2v) is 9.82. The van der Waals surface area contributed by atoms with Gasteiger partial charge < -0.3 is 19.3 Å². The molecule has 2 aliphatic rings. The van der Waals surface area contributed by atoms with Crippen LogP contribution in [0.15, 0.2) is 12.2 Å². The molecule has 0 spiro atoms. The number of Topliss-reactive ketones (excluding diaryl/α,β-unsaturated/α-hetero) is 1. The third-order valence-corrected chi connectivity index (χ3v) is 6.65. The summed E-state index contributed by atoms with van der Waals surface area (Å²) in [6.45, 7) is 7.21. The second-order valence-electron chi connectivity index (χ2n) is 9.82. The Morgan fingerprint density at radius 2 is 1.35 bits per heavy atom. The molecule has 0 saturated carbocycles. The molecule has 2 saturated heterocycles. The van der Waals surface area contributed by atoms with Crippen molar-refractivity contribution in [2.75, 3.05) is 40.1 Å². The summed E-state index contributed by atoms with van der Waals surface area (Å²) in [5.41, 5.74) is -0.136. The van der Waals surface area contributed by atoms with Gasteiger partial charge in [0.05, 0.1) is 25.4 Å². The summed E-state index contributed by atoms with van der Waals surface area (Å²) < 4.78 is 15.6. The molecule has 0 amide bonds. The molecule has 0 aromatic heterocycles. The molecule has 0 unspecified atom stereocenters. The number of aliphatic hydroxyl groups excluding tert-OH is 1. The van der Waals surface area contributed by atoms with E-state index in [0.717, 1.165) is 32.1 Å². The molecule has 1 N–H and O–H groups in total. The number of nitrogens with zero attached hydrogens (tertiary/aromatic N) is 1. The minimum atomic E-state index is -0.240. The zero-order valence-corrected chi connectivity index (χ0v) is 22.2. The van der Waals surface area contributed by atoms with Crippen LogP contribution in [0.3, 0.4) is 0 Å². The molecular formula is C28H53NO5. The van der Waals surface area contributed by atoms with Crippen LogP contribution < -0.4 is 0 Å². The number of ether oxygens (including phenoxy) is 3. The molecule has 6 nitrogen and oxygen atoms in total. The van der Waals surface area contributed by atoms with Crippen LogP contribution >= 0.6 is 0 Å². The number of ketones is 1. The van der Waals surface area contributed by atoms with Crippen LogP contribution in [0.5, 0.6) is 0 Å². The van der Waals surface area contributed by atoms with Gasteiger partial charge in [0, 0.05) is 12.8 Å². The predicted molar refractivity (Wildman–Crippen MR) is 139 cm³/mol. The highest BCUT2D eigenvalue weighted by Gasteiger charge is 2.46. The lowest BCUT2D eigenvalue weighted by molar-refractivity contribution is -0.119. The molecule has 2 fully saturated rings. The van der Waals surface area contributed by atoms with E-state index in [-0.39, 0.29) is 12.3 Å². The molecule has 34 heavy (non-hydrogen) atoms. The van der Waals surface area contributed by atoms with Gasteiger partial charge in [0.2, 0.25) is 0 Å². The van der Waals surface area contributed by atoms with E-state index in [4.69, 9.17) is 19.3 Å². The van der Waals surface area contributed by atoms with Crippen molar-refractivity contribution in [3.05, 3.63) is 12.2 Å². The molecule has 0 aliphatic carbocycles. The monoisotopic (exact) mass is 483 g/mol. The first-order chi connectivity index (χ1) is 16.7. The molecule has 200 valence electrons. The lowest BCUT2D eigenvalue weighted by atomic mass is 10.0. The average Bonchev–Trinajstić information content (AvgIpc) is 3.42. The largest absolute Gasteiger partial charge is 0.371 e. The number of fused-ring (bicyclic) bond motifs is 1. The SMILES string of the molecule is CCCCCC=CCCCC(=O)CCCCCCCCCC.OCOCC12COCN1COC2. The van der Waals surface area contributed by atoms with Crippen LogP contribution in [0.25, 0.3) is 0 Å². The van der Waals surface area contributed by atoms with Gasteiger partial charge >= 0.3 is 0 Å². The molecule has 0 bridgehead atoms. The Hall–Kier alpha value is -0.790. The zero-order chi connectivity index (χ0) is 24.7. The Morgan fingerprint density at radius 3 is 1.97 bits per heavy atom. The molecule has 2 aliphatic heterocycles. The topological polar surface area (TPSA) is 68.2 Å². The summed E-state index contributed by atoms with van der Waals surface area (Å²) in [6, 6.07) is 0. The van der Waals surface area contributed by atoms with E-state index < -0.39 is 0 Å². The van der Waals surface area contributed by atoms with Crippen molar-refractivity contribution < 1.29 is 24.1 Å². The number of hydrogen-bond acceptors (Lipinski definition) is 6. The Labute approximate surface area is 209 Å². The van der Waals surface area contributed by atoms with Crippen molar-refractivity contribution in [3.8, 4) is 0 Å². The van der Waals surface area contributed by atoms with Gasteiger partial charge in [-0.1, -0.05) is 83.8 Å². The molecule has 0 aromatic carbocycles. The number of rotatable bonds is 20. The second kappa shape index (κ2) is 21.5. The van der Waals surface area contributed by atoms with E-state index in [0.29, 0.717) is 39.1 Å². The number of aliphatic hydroxyl groups is 1. The van der Waals surface area contributed by atoms with Crippen molar-refractivity contribution in [1.82, 2.24) is 4.90 Å². The maximum absolute atomic E-state index is 11.8. The van der Waals surface area contributed by atoms with Crippen LogP contribution in [-0.4, -0.2) is 61.4 Å². The number of hydrogen-bond donors (Lipinski definition) is 1. The summed E-state index contributed by atoms with van der Waals surface area (Å²) >= 11 is 0. The molecule has 6 heteroatoms. The van der Waals surface area contributed by atoms with E-state index in [9.17, 15) is 4.79 Å². The fourth-order valence-electron chi connectivity index (χ4n) is 4.38. The molecule has 0 radical (unpaired) electrons. The summed E-state index contributed by atoms with van der Waals surface area (Å²) in [7, 11) is 0. The van der Waals surface area contributed by atoms with Crippen molar-refractivity contribution in [3.63, 3.8) is 0 Å². The van der Waals surface area contributed by atoms with Crippen LogP contribution in [0, 0.1) is 0 Å². The van der Waals surface area contributed by atoms with E-state index in [1.54, 1.807) is 0 Å². The van der Waals surface area contributed by atoms with Crippen molar-refractivity contribution >= 4 is 5.78 Å².